The first-order valence-corrected chi connectivity index (χ1v) is 10.5. The second kappa shape index (κ2) is 7.52. The number of hydrogen-bond acceptors (Lipinski definition) is 8. The molecule has 0 atom stereocenters. The molecule has 4 heterocycles. The van der Waals surface area contributed by atoms with E-state index in [1.165, 1.54) is 11.8 Å². The Labute approximate surface area is 161 Å². The van der Waals surface area contributed by atoms with E-state index in [1.807, 2.05) is 41.9 Å². The summed E-state index contributed by atoms with van der Waals surface area (Å²) in [7, 11) is 0. The molecule has 4 rings (SSSR count). The van der Waals surface area contributed by atoms with Gasteiger partial charge < -0.3 is 5.32 Å². The van der Waals surface area contributed by atoms with E-state index in [0.29, 0.717) is 17.9 Å². The third kappa shape index (κ3) is 3.76. The summed E-state index contributed by atoms with van der Waals surface area (Å²) in [6.45, 7) is 2.27. The molecule has 0 bridgehead atoms. The maximum Gasteiger partial charge on any atom is 0.230 e. The van der Waals surface area contributed by atoms with Crippen molar-refractivity contribution in [3.8, 4) is 9.88 Å². The van der Waals surface area contributed by atoms with E-state index in [-0.39, 0.29) is 5.91 Å². The van der Waals surface area contributed by atoms with Gasteiger partial charge in [-0.2, -0.15) is 9.61 Å². The molecule has 4 aromatic rings. The van der Waals surface area contributed by atoms with Gasteiger partial charge >= 0.3 is 0 Å². The predicted molar refractivity (Wildman–Crippen MR) is 104 cm³/mol. The number of thioether (sulfide) groups is 1. The van der Waals surface area contributed by atoms with Crippen molar-refractivity contribution in [2.24, 2.45) is 0 Å². The molecule has 26 heavy (non-hydrogen) atoms. The predicted octanol–water partition coefficient (Wildman–Crippen LogP) is 3.03. The molecule has 4 aromatic heterocycles. The van der Waals surface area contributed by atoms with Crippen LogP contribution in [0, 0.1) is 6.92 Å². The Bertz CT molecular complexity index is 1040. The zero-order chi connectivity index (χ0) is 17.9. The van der Waals surface area contributed by atoms with Gasteiger partial charge in [0.1, 0.15) is 10.0 Å². The van der Waals surface area contributed by atoms with Crippen molar-refractivity contribution in [3.05, 3.63) is 46.5 Å². The Morgan fingerprint density at radius 3 is 3.04 bits per heavy atom. The molecule has 0 unspecified atom stereocenters. The Hall–Kier alpha value is -2.30. The molecule has 0 aromatic carbocycles. The zero-order valence-electron chi connectivity index (χ0n) is 13.7. The summed E-state index contributed by atoms with van der Waals surface area (Å²) in [5, 5.41) is 21.0. The van der Waals surface area contributed by atoms with E-state index < -0.39 is 0 Å². The van der Waals surface area contributed by atoms with Gasteiger partial charge in [0, 0.05) is 5.38 Å². The minimum Gasteiger partial charge on any atom is -0.350 e. The fourth-order valence-electron chi connectivity index (χ4n) is 2.24. The molecule has 1 amide bonds. The summed E-state index contributed by atoms with van der Waals surface area (Å²) in [4.78, 5) is 17.8. The van der Waals surface area contributed by atoms with Gasteiger partial charge in [0.25, 0.3) is 0 Å². The van der Waals surface area contributed by atoms with Crippen molar-refractivity contribution in [1.82, 2.24) is 30.1 Å². The van der Waals surface area contributed by atoms with Crippen LogP contribution in [0.25, 0.3) is 15.5 Å². The van der Waals surface area contributed by atoms with E-state index in [1.54, 1.807) is 27.2 Å². The number of thiophene rings is 1. The van der Waals surface area contributed by atoms with Gasteiger partial charge in [0.2, 0.25) is 5.91 Å². The molecule has 1 N–H and O–H groups in total. The number of nitrogens with zero attached hydrogens (tertiary/aromatic N) is 5. The van der Waals surface area contributed by atoms with Crippen LogP contribution in [-0.4, -0.2) is 36.5 Å². The fourth-order valence-corrected chi connectivity index (χ4v) is 4.56. The minimum atomic E-state index is -0.0527. The zero-order valence-corrected chi connectivity index (χ0v) is 16.2. The van der Waals surface area contributed by atoms with Crippen molar-refractivity contribution in [1.29, 1.82) is 0 Å². The number of fused-ring (bicyclic) bond motifs is 1. The Kier molecular flexibility index (Phi) is 4.96. The lowest BCUT2D eigenvalue weighted by Crippen LogP contribution is -2.24. The van der Waals surface area contributed by atoms with Crippen molar-refractivity contribution in [2.75, 3.05) is 5.75 Å². The van der Waals surface area contributed by atoms with Gasteiger partial charge in [-0.15, -0.1) is 32.9 Å². The number of hydrogen-bond donors (Lipinski definition) is 1. The smallest absolute Gasteiger partial charge is 0.230 e. The lowest BCUT2D eigenvalue weighted by Gasteiger charge is -2.03. The number of carbonyl (C=O) groups excluding carboxylic acids is 1. The van der Waals surface area contributed by atoms with Crippen LogP contribution in [0.4, 0.5) is 0 Å². The van der Waals surface area contributed by atoms with Crippen LogP contribution >= 0.6 is 34.4 Å². The largest absolute Gasteiger partial charge is 0.350 e. The highest BCUT2D eigenvalue weighted by Gasteiger charge is 2.09. The second-order valence-corrected chi connectivity index (χ2v) is 8.18. The van der Waals surface area contributed by atoms with Crippen LogP contribution in [-0.2, 0) is 11.3 Å². The van der Waals surface area contributed by atoms with E-state index in [9.17, 15) is 4.79 Å². The lowest BCUT2D eigenvalue weighted by molar-refractivity contribution is -0.118. The van der Waals surface area contributed by atoms with Gasteiger partial charge in [0.15, 0.2) is 11.5 Å². The molecule has 0 saturated carbocycles. The number of aromatic nitrogens is 5. The van der Waals surface area contributed by atoms with Crippen LogP contribution in [0.2, 0.25) is 0 Å². The molecule has 0 saturated heterocycles. The lowest BCUT2D eigenvalue weighted by atomic mass is 10.4. The van der Waals surface area contributed by atoms with E-state index >= 15 is 0 Å². The van der Waals surface area contributed by atoms with Crippen LogP contribution in [0.15, 0.2) is 40.1 Å². The number of thiazole rings is 1. The van der Waals surface area contributed by atoms with Crippen LogP contribution in [0.3, 0.4) is 0 Å². The average Bonchev–Trinajstić information content (AvgIpc) is 3.39. The Balaban J connectivity index is 1.30. The quantitative estimate of drug-likeness (QED) is 0.499. The van der Waals surface area contributed by atoms with Crippen molar-refractivity contribution in [3.63, 3.8) is 0 Å². The van der Waals surface area contributed by atoms with E-state index in [2.05, 4.69) is 25.6 Å². The van der Waals surface area contributed by atoms with Crippen LogP contribution < -0.4 is 5.32 Å². The average molecular weight is 403 g/mol. The summed E-state index contributed by atoms with van der Waals surface area (Å²) in [6.07, 6.45) is 0. The Morgan fingerprint density at radius 2 is 2.19 bits per heavy atom. The summed E-state index contributed by atoms with van der Waals surface area (Å²) in [5.41, 5.74) is 1.57. The Morgan fingerprint density at radius 1 is 1.27 bits per heavy atom. The number of nitrogens with one attached hydrogen (secondary N) is 1. The molecular weight excluding hydrogens is 388 g/mol. The molecule has 7 nitrogen and oxygen atoms in total. The number of amides is 1. The van der Waals surface area contributed by atoms with Crippen molar-refractivity contribution >= 4 is 46.0 Å². The first-order valence-electron chi connectivity index (χ1n) is 7.76. The summed E-state index contributed by atoms with van der Waals surface area (Å²) < 4.78 is 1.67. The highest BCUT2D eigenvalue weighted by Crippen LogP contribution is 2.27. The van der Waals surface area contributed by atoms with Gasteiger partial charge in [-0.05, 0) is 30.5 Å². The molecular formula is C16H14N6OS3. The summed E-state index contributed by atoms with van der Waals surface area (Å²) >= 11 is 4.63. The third-order valence-electron chi connectivity index (χ3n) is 3.50. The third-order valence-corrected chi connectivity index (χ3v) is 6.35. The van der Waals surface area contributed by atoms with E-state index in [4.69, 9.17) is 0 Å². The monoisotopic (exact) mass is 402 g/mol. The fraction of sp³-hybridized carbons (Fsp3) is 0.188. The first-order chi connectivity index (χ1) is 12.7. The SMILES string of the molecule is Cc1nnc2ccc(SCC(=O)NCc3csc(-c4cccs4)n3)nn12. The molecule has 0 aliphatic carbocycles. The minimum absolute atomic E-state index is 0.0527. The van der Waals surface area contributed by atoms with Gasteiger partial charge in [-0.1, -0.05) is 17.8 Å². The van der Waals surface area contributed by atoms with Crippen LogP contribution in [0.1, 0.15) is 11.5 Å². The maximum atomic E-state index is 12.1. The molecule has 0 radical (unpaired) electrons. The van der Waals surface area contributed by atoms with Gasteiger partial charge in [0.05, 0.1) is 22.9 Å². The van der Waals surface area contributed by atoms with Crippen LogP contribution in [0.5, 0.6) is 0 Å². The normalized spacial score (nSPS) is 11.1. The maximum absolute atomic E-state index is 12.1. The molecule has 0 aliphatic rings. The summed E-state index contributed by atoms with van der Waals surface area (Å²) in [5.74, 6) is 0.960. The number of aryl methyl sites for hydroxylation is 1. The van der Waals surface area contributed by atoms with Crippen molar-refractivity contribution < 1.29 is 4.79 Å². The standard InChI is InChI=1S/C16H14N6OS3/c1-10-19-20-13-4-5-15(21-22(10)13)25-9-14(23)17-7-11-8-26-16(18-11)12-3-2-6-24-12/h2-6,8H,7,9H2,1H3,(H,17,23). The summed E-state index contributed by atoms with van der Waals surface area (Å²) in [6, 6.07) is 7.74. The van der Waals surface area contributed by atoms with Gasteiger partial charge in [-0.25, -0.2) is 4.98 Å². The van der Waals surface area contributed by atoms with Crippen molar-refractivity contribution in [2.45, 2.75) is 18.5 Å². The molecule has 10 heteroatoms. The molecule has 0 aliphatic heterocycles. The van der Waals surface area contributed by atoms with E-state index in [0.717, 1.165) is 26.4 Å². The number of rotatable bonds is 6. The highest BCUT2D eigenvalue weighted by molar-refractivity contribution is 7.99. The first kappa shape index (κ1) is 17.1. The molecule has 0 fully saturated rings. The highest BCUT2D eigenvalue weighted by atomic mass is 32.2. The number of carbonyl (C=O) groups is 1. The second-order valence-electron chi connectivity index (χ2n) is 5.38. The molecule has 132 valence electrons. The van der Waals surface area contributed by atoms with Gasteiger partial charge in [-0.3, -0.25) is 4.79 Å². The molecule has 0 spiro atoms. The topological polar surface area (TPSA) is 85.1 Å².